The molecule has 2 aromatic carbocycles. The van der Waals surface area contributed by atoms with Crippen LogP contribution in [-0.2, 0) is 0 Å². The van der Waals surface area contributed by atoms with E-state index in [0.29, 0.717) is 0 Å². The van der Waals surface area contributed by atoms with Gasteiger partial charge in [-0.15, -0.1) is 0 Å². The minimum atomic E-state index is 1.22. The minimum Gasteiger partial charge on any atom is -0.317 e. The van der Waals surface area contributed by atoms with Gasteiger partial charge in [0.25, 0.3) is 0 Å². The Hall–Kier alpha value is -2.28. The van der Waals surface area contributed by atoms with Crippen LogP contribution in [-0.4, -0.2) is 4.57 Å². The Balaban J connectivity index is 2.15. The van der Waals surface area contributed by atoms with Gasteiger partial charge in [-0.1, -0.05) is 36.4 Å². The van der Waals surface area contributed by atoms with E-state index in [0.717, 1.165) is 0 Å². The zero-order chi connectivity index (χ0) is 13.2. The van der Waals surface area contributed by atoms with Crippen molar-refractivity contribution in [3.8, 4) is 16.9 Å². The normalized spacial score (nSPS) is 10.6. The standard InChI is InChI=1S/C18H17N/c1-14-11-15(2)13-17(12-14)19-10-6-9-18(19)16-7-4-3-5-8-16/h3-13H,1-2H3. The molecular weight excluding hydrogens is 230 g/mol. The van der Waals surface area contributed by atoms with Gasteiger partial charge in [0.2, 0.25) is 0 Å². The van der Waals surface area contributed by atoms with Crippen molar-refractivity contribution in [2.75, 3.05) is 0 Å². The number of nitrogens with zero attached hydrogens (tertiary/aromatic N) is 1. The van der Waals surface area contributed by atoms with Crippen molar-refractivity contribution >= 4 is 0 Å². The fourth-order valence-corrected chi connectivity index (χ4v) is 2.54. The summed E-state index contributed by atoms with van der Waals surface area (Å²) in [4.78, 5) is 0. The molecule has 94 valence electrons. The van der Waals surface area contributed by atoms with E-state index >= 15 is 0 Å². The van der Waals surface area contributed by atoms with E-state index in [2.05, 4.69) is 79.2 Å². The topological polar surface area (TPSA) is 4.93 Å². The van der Waals surface area contributed by atoms with E-state index < -0.39 is 0 Å². The molecule has 1 heteroatoms. The van der Waals surface area contributed by atoms with Crippen LogP contribution in [0.1, 0.15) is 11.1 Å². The summed E-state index contributed by atoms with van der Waals surface area (Å²) < 4.78 is 2.25. The van der Waals surface area contributed by atoms with Crippen LogP contribution in [0, 0.1) is 13.8 Å². The van der Waals surface area contributed by atoms with Crippen molar-refractivity contribution in [2.24, 2.45) is 0 Å². The Morgan fingerprint density at radius 1 is 0.737 bits per heavy atom. The van der Waals surface area contributed by atoms with Gasteiger partial charge in [-0.3, -0.25) is 0 Å². The van der Waals surface area contributed by atoms with Crippen molar-refractivity contribution in [3.05, 3.63) is 78.0 Å². The highest BCUT2D eigenvalue weighted by molar-refractivity contribution is 5.63. The first-order chi connectivity index (χ1) is 9.24. The summed E-state index contributed by atoms with van der Waals surface area (Å²) in [6, 6.07) is 21.4. The second kappa shape index (κ2) is 4.77. The van der Waals surface area contributed by atoms with Crippen LogP contribution in [0.25, 0.3) is 16.9 Å². The summed E-state index contributed by atoms with van der Waals surface area (Å²) in [5.74, 6) is 0. The van der Waals surface area contributed by atoms with Gasteiger partial charge < -0.3 is 4.57 Å². The maximum atomic E-state index is 2.25. The summed E-state index contributed by atoms with van der Waals surface area (Å²) in [5, 5.41) is 0. The molecule has 0 N–H and O–H groups in total. The SMILES string of the molecule is Cc1cc(C)cc(-n2cccc2-c2ccccc2)c1. The first-order valence-electron chi connectivity index (χ1n) is 6.55. The highest BCUT2D eigenvalue weighted by Crippen LogP contribution is 2.24. The highest BCUT2D eigenvalue weighted by Gasteiger charge is 2.06. The number of rotatable bonds is 2. The van der Waals surface area contributed by atoms with E-state index in [-0.39, 0.29) is 0 Å². The van der Waals surface area contributed by atoms with E-state index in [9.17, 15) is 0 Å². The predicted molar refractivity (Wildman–Crippen MR) is 80.7 cm³/mol. The molecule has 0 amide bonds. The molecule has 0 saturated heterocycles. The second-order valence-electron chi connectivity index (χ2n) is 4.98. The average Bonchev–Trinajstić information content (AvgIpc) is 2.88. The number of hydrogen-bond acceptors (Lipinski definition) is 0. The Morgan fingerprint density at radius 2 is 1.42 bits per heavy atom. The molecule has 0 fully saturated rings. The summed E-state index contributed by atoms with van der Waals surface area (Å²) in [6.45, 7) is 4.28. The first-order valence-corrected chi connectivity index (χ1v) is 6.55. The molecule has 0 spiro atoms. The van der Waals surface area contributed by atoms with E-state index in [4.69, 9.17) is 0 Å². The van der Waals surface area contributed by atoms with Crippen LogP contribution in [0.2, 0.25) is 0 Å². The molecule has 19 heavy (non-hydrogen) atoms. The molecule has 0 aliphatic carbocycles. The van der Waals surface area contributed by atoms with Gasteiger partial charge >= 0.3 is 0 Å². The zero-order valence-electron chi connectivity index (χ0n) is 11.3. The van der Waals surface area contributed by atoms with Crippen molar-refractivity contribution in [2.45, 2.75) is 13.8 Å². The average molecular weight is 247 g/mol. The minimum absolute atomic E-state index is 1.22. The van der Waals surface area contributed by atoms with Crippen LogP contribution in [0.15, 0.2) is 66.9 Å². The first kappa shape index (κ1) is 11.8. The van der Waals surface area contributed by atoms with Crippen molar-refractivity contribution in [1.82, 2.24) is 4.57 Å². The molecule has 1 nitrogen and oxygen atoms in total. The van der Waals surface area contributed by atoms with Crippen LogP contribution in [0.5, 0.6) is 0 Å². The summed E-state index contributed by atoms with van der Waals surface area (Å²) in [6.07, 6.45) is 2.12. The number of aromatic nitrogens is 1. The molecule has 0 aliphatic heterocycles. The van der Waals surface area contributed by atoms with Gasteiger partial charge in [-0.2, -0.15) is 0 Å². The quantitative estimate of drug-likeness (QED) is 0.615. The monoisotopic (exact) mass is 247 g/mol. The molecule has 0 aliphatic rings. The maximum absolute atomic E-state index is 2.25. The molecule has 1 aromatic heterocycles. The molecular formula is C18H17N. The fourth-order valence-electron chi connectivity index (χ4n) is 2.54. The number of aryl methyl sites for hydroxylation is 2. The molecule has 0 bridgehead atoms. The molecule has 3 rings (SSSR count). The Bertz CT molecular complexity index is 672. The van der Waals surface area contributed by atoms with Gasteiger partial charge in [0, 0.05) is 11.9 Å². The molecule has 0 saturated carbocycles. The van der Waals surface area contributed by atoms with Crippen molar-refractivity contribution in [1.29, 1.82) is 0 Å². The number of benzene rings is 2. The lowest BCUT2D eigenvalue weighted by molar-refractivity contribution is 1.08. The van der Waals surface area contributed by atoms with E-state index in [1.165, 1.54) is 28.1 Å². The second-order valence-corrected chi connectivity index (χ2v) is 4.98. The maximum Gasteiger partial charge on any atom is 0.0528 e. The fraction of sp³-hybridized carbons (Fsp3) is 0.111. The molecule has 3 aromatic rings. The van der Waals surface area contributed by atoms with E-state index in [1.54, 1.807) is 0 Å². The summed E-state index contributed by atoms with van der Waals surface area (Å²) in [7, 11) is 0. The third-order valence-corrected chi connectivity index (χ3v) is 3.30. The molecule has 0 unspecified atom stereocenters. The predicted octanol–water partition coefficient (Wildman–Crippen LogP) is 4.76. The Kier molecular flexibility index (Phi) is 2.96. The van der Waals surface area contributed by atoms with Crippen LogP contribution < -0.4 is 0 Å². The largest absolute Gasteiger partial charge is 0.317 e. The van der Waals surface area contributed by atoms with Crippen LogP contribution in [0.3, 0.4) is 0 Å². The third-order valence-electron chi connectivity index (χ3n) is 3.30. The van der Waals surface area contributed by atoms with Gasteiger partial charge in [0.05, 0.1) is 5.69 Å². The molecule has 1 heterocycles. The van der Waals surface area contributed by atoms with Crippen LogP contribution in [0.4, 0.5) is 0 Å². The lowest BCUT2D eigenvalue weighted by atomic mass is 10.1. The van der Waals surface area contributed by atoms with Gasteiger partial charge in [-0.25, -0.2) is 0 Å². The highest BCUT2D eigenvalue weighted by atomic mass is 15.0. The van der Waals surface area contributed by atoms with Crippen molar-refractivity contribution in [3.63, 3.8) is 0 Å². The lowest BCUT2D eigenvalue weighted by Gasteiger charge is -2.11. The van der Waals surface area contributed by atoms with Crippen molar-refractivity contribution < 1.29 is 0 Å². The number of hydrogen-bond donors (Lipinski definition) is 0. The third kappa shape index (κ3) is 2.32. The summed E-state index contributed by atoms with van der Waals surface area (Å²) >= 11 is 0. The van der Waals surface area contributed by atoms with Gasteiger partial charge in [-0.05, 0) is 54.8 Å². The lowest BCUT2D eigenvalue weighted by Crippen LogP contribution is -1.96. The zero-order valence-corrected chi connectivity index (χ0v) is 11.3. The van der Waals surface area contributed by atoms with Gasteiger partial charge in [0.1, 0.15) is 0 Å². The Morgan fingerprint density at radius 3 is 2.11 bits per heavy atom. The smallest absolute Gasteiger partial charge is 0.0528 e. The van der Waals surface area contributed by atoms with Gasteiger partial charge in [0.15, 0.2) is 0 Å². The van der Waals surface area contributed by atoms with E-state index in [1.807, 2.05) is 6.07 Å². The Labute approximate surface area is 114 Å². The van der Waals surface area contributed by atoms with Crippen LogP contribution >= 0.6 is 0 Å². The summed E-state index contributed by atoms with van der Waals surface area (Å²) in [5.41, 5.74) is 6.28. The molecule has 0 radical (unpaired) electrons. The molecule has 0 atom stereocenters.